The lowest BCUT2D eigenvalue weighted by molar-refractivity contribution is -0.136. The summed E-state index contributed by atoms with van der Waals surface area (Å²) in [7, 11) is -3.51. The van der Waals surface area contributed by atoms with Gasteiger partial charge in [-0.2, -0.15) is 0 Å². The van der Waals surface area contributed by atoms with Crippen molar-refractivity contribution in [2.24, 2.45) is 5.73 Å². The number of aliphatic carboxylic acids is 1. The van der Waals surface area contributed by atoms with Crippen LogP contribution in [0.25, 0.3) is 0 Å². The second-order valence-corrected chi connectivity index (χ2v) is 6.47. The molecule has 4 N–H and O–H groups in total. The molecule has 0 fully saturated rings. The van der Waals surface area contributed by atoms with Crippen molar-refractivity contribution in [3.8, 4) is 0 Å². The molecule has 0 amide bonds. The molecule has 0 aliphatic carbocycles. The maximum atomic E-state index is 11.3. The van der Waals surface area contributed by atoms with Crippen LogP contribution in [0.2, 0.25) is 0 Å². The summed E-state index contributed by atoms with van der Waals surface area (Å²) in [6.45, 7) is 1.40. The normalized spacial score (nSPS) is 20.3. The minimum atomic E-state index is -3.51. The molecule has 0 radical (unpaired) electrons. The van der Waals surface area contributed by atoms with Crippen LogP contribution in [-0.2, 0) is 9.36 Å². The first-order valence-electron chi connectivity index (χ1n) is 3.64. The third kappa shape index (κ3) is 4.13. The van der Waals surface area contributed by atoms with Gasteiger partial charge in [0.1, 0.15) is 5.25 Å². The number of carboxylic acids is 1. The monoisotopic (exact) mass is 227 g/mol. The fourth-order valence-corrected chi connectivity index (χ4v) is 3.06. The highest BCUT2D eigenvalue weighted by atomic mass is 32.2. The molecule has 0 aliphatic heterocycles. The Kier molecular flexibility index (Phi) is 4.99. The molecule has 5 nitrogen and oxygen atoms in total. The van der Waals surface area contributed by atoms with Crippen LogP contribution in [0, 0.1) is 0 Å². The van der Waals surface area contributed by atoms with Crippen molar-refractivity contribution in [3.05, 3.63) is 0 Å². The van der Waals surface area contributed by atoms with Crippen LogP contribution in [0.4, 0.5) is 0 Å². The molecule has 0 rings (SSSR count). The quantitative estimate of drug-likeness (QED) is 0.587. The third-order valence-electron chi connectivity index (χ3n) is 1.62. The first-order valence-corrected chi connectivity index (χ1v) is 6.84. The van der Waals surface area contributed by atoms with E-state index in [1.54, 1.807) is 6.26 Å². The maximum Gasteiger partial charge on any atom is 0.317 e. The fourth-order valence-electron chi connectivity index (χ4n) is 0.657. The summed E-state index contributed by atoms with van der Waals surface area (Å²) in [5.74, 6) is -1.95. The number of rotatable bonds is 5. The summed E-state index contributed by atoms with van der Waals surface area (Å²) < 4.78 is 11.3. The van der Waals surface area contributed by atoms with Gasteiger partial charge in [-0.15, -0.1) is 11.8 Å². The van der Waals surface area contributed by atoms with E-state index in [0.717, 1.165) is 11.8 Å². The summed E-state index contributed by atoms with van der Waals surface area (Å²) in [5.41, 5.74) is 5.26. The Morgan fingerprint density at radius 3 is 2.38 bits per heavy atom. The molecule has 0 bridgehead atoms. The van der Waals surface area contributed by atoms with E-state index in [2.05, 4.69) is 0 Å². The van der Waals surface area contributed by atoms with Crippen molar-refractivity contribution in [2.75, 3.05) is 12.4 Å². The molecule has 13 heavy (non-hydrogen) atoms. The van der Waals surface area contributed by atoms with E-state index in [-0.39, 0.29) is 6.16 Å². The molecule has 0 saturated carbocycles. The van der Waals surface area contributed by atoms with E-state index in [1.165, 1.54) is 6.92 Å². The number of carbonyl (C=O) groups is 1. The van der Waals surface area contributed by atoms with Crippen LogP contribution in [0.1, 0.15) is 6.92 Å². The summed E-state index contributed by atoms with van der Waals surface area (Å²) in [6, 6.07) is 0. The highest BCUT2D eigenvalue weighted by Crippen LogP contribution is 2.45. The van der Waals surface area contributed by atoms with Gasteiger partial charge in [-0.25, -0.2) is 0 Å². The van der Waals surface area contributed by atoms with E-state index in [0.29, 0.717) is 0 Å². The molecular weight excluding hydrogens is 213 g/mol. The van der Waals surface area contributed by atoms with Gasteiger partial charge in [0.2, 0.25) is 7.37 Å². The standard InChI is InChI=1S/C6H14NO4PS/c1-4(7)12(10,11)3-5(13-2)6(8)9/h4-5H,3,7H2,1-2H3,(H,8,9)(H,10,11)/t4-,5-/m0/s1. The molecule has 0 heterocycles. The van der Waals surface area contributed by atoms with Crippen LogP contribution in [0.3, 0.4) is 0 Å². The Hall–Kier alpha value is -0.0300. The molecule has 1 unspecified atom stereocenters. The van der Waals surface area contributed by atoms with Crippen molar-refractivity contribution < 1.29 is 19.4 Å². The second kappa shape index (κ2) is 5.00. The number of carboxylic acid groups (broad SMARTS) is 1. The lowest BCUT2D eigenvalue weighted by atomic mass is 10.5. The summed E-state index contributed by atoms with van der Waals surface area (Å²) >= 11 is 1.03. The average molecular weight is 227 g/mol. The minimum absolute atomic E-state index is 0.277. The molecular formula is C6H14NO4PS. The highest BCUT2D eigenvalue weighted by molar-refractivity contribution is 8.00. The largest absolute Gasteiger partial charge is 0.480 e. The topological polar surface area (TPSA) is 101 Å². The van der Waals surface area contributed by atoms with E-state index in [4.69, 9.17) is 10.8 Å². The number of nitrogens with two attached hydrogens (primary N) is 1. The Morgan fingerprint density at radius 1 is 1.69 bits per heavy atom. The Bertz CT molecular complexity index is 233. The molecule has 0 aromatic rings. The van der Waals surface area contributed by atoms with E-state index in [9.17, 15) is 14.3 Å². The molecule has 3 atom stereocenters. The van der Waals surface area contributed by atoms with Gasteiger partial charge in [0.15, 0.2) is 0 Å². The zero-order valence-corrected chi connectivity index (χ0v) is 9.22. The SMILES string of the molecule is CS[C@@H](CP(=O)(O)[C@@H](C)N)C(=O)O. The first-order chi connectivity index (χ1) is 5.81. The Labute approximate surface area is 81.2 Å². The van der Waals surface area contributed by atoms with Gasteiger partial charge >= 0.3 is 5.97 Å². The highest BCUT2D eigenvalue weighted by Gasteiger charge is 2.31. The first kappa shape index (κ1) is 13.0. The van der Waals surface area contributed by atoms with Gasteiger partial charge in [-0.05, 0) is 13.2 Å². The predicted octanol–water partition coefficient (Wildman–Crippen LogP) is 0.378. The van der Waals surface area contributed by atoms with Gasteiger partial charge in [0, 0.05) is 6.16 Å². The van der Waals surface area contributed by atoms with E-state index in [1.807, 2.05) is 0 Å². The lowest BCUT2D eigenvalue weighted by Crippen LogP contribution is -2.26. The lowest BCUT2D eigenvalue weighted by Gasteiger charge is -2.18. The number of hydrogen-bond acceptors (Lipinski definition) is 4. The molecule has 7 heteroatoms. The zero-order valence-electron chi connectivity index (χ0n) is 7.51. The van der Waals surface area contributed by atoms with Crippen LogP contribution in [0.5, 0.6) is 0 Å². The summed E-state index contributed by atoms with van der Waals surface area (Å²) in [4.78, 5) is 19.8. The smallest absolute Gasteiger partial charge is 0.317 e. The van der Waals surface area contributed by atoms with Gasteiger partial charge in [0.05, 0.1) is 5.78 Å². The van der Waals surface area contributed by atoms with Gasteiger partial charge in [-0.1, -0.05) is 0 Å². The van der Waals surface area contributed by atoms with Crippen molar-refractivity contribution in [1.82, 2.24) is 0 Å². The van der Waals surface area contributed by atoms with Crippen LogP contribution in [-0.4, -0.2) is 39.4 Å². The zero-order chi connectivity index (χ0) is 10.6. The van der Waals surface area contributed by atoms with Gasteiger partial charge in [-0.3, -0.25) is 9.36 Å². The Balaban J connectivity index is 4.40. The van der Waals surface area contributed by atoms with Crippen LogP contribution in [0.15, 0.2) is 0 Å². The molecule has 0 saturated heterocycles. The van der Waals surface area contributed by atoms with Crippen molar-refractivity contribution in [1.29, 1.82) is 0 Å². The van der Waals surface area contributed by atoms with E-state index < -0.39 is 24.4 Å². The summed E-state index contributed by atoms with van der Waals surface area (Å²) in [5, 5.41) is 7.77. The average Bonchev–Trinajstić information content (AvgIpc) is 1.99. The van der Waals surface area contributed by atoms with Gasteiger partial charge in [0.25, 0.3) is 0 Å². The minimum Gasteiger partial charge on any atom is -0.480 e. The van der Waals surface area contributed by atoms with Crippen molar-refractivity contribution >= 4 is 25.1 Å². The van der Waals surface area contributed by atoms with Gasteiger partial charge < -0.3 is 15.7 Å². The van der Waals surface area contributed by atoms with Crippen molar-refractivity contribution in [3.63, 3.8) is 0 Å². The molecule has 0 aromatic carbocycles. The Morgan fingerprint density at radius 2 is 2.15 bits per heavy atom. The fraction of sp³-hybridized carbons (Fsp3) is 0.833. The number of hydrogen-bond donors (Lipinski definition) is 3. The second-order valence-electron chi connectivity index (χ2n) is 2.74. The molecule has 78 valence electrons. The predicted molar refractivity (Wildman–Crippen MR) is 53.3 cm³/mol. The molecule has 0 aromatic heterocycles. The number of thioether (sulfide) groups is 1. The summed E-state index contributed by atoms with van der Waals surface area (Å²) in [6.07, 6.45) is 1.31. The maximum absolute atomic E-state index is 11.3. The van der Waals surface area contributed by atoms with Crippen LogP contribution >= 0.6 is 19.1 Å². The third-order valence-corrected chi connectivity index (χ3v) is 4.97. The molecule has 0 spiro atoms. The van der Waals surface area contributed by atoms with Crippen molar-refractivity contribution in [2.45, 2.75) is 18.0 Å². The van der Waals surface area contributed by atoms with Crippen LogP contribution < -0.4 is 5.73 Å². The molecule has 0 aliphatic rings. The van der Waals surface area contributed by atoms with E-state index >= 15 is 0 Å².